The SMILES string of the molecule is CC(=NC(C)O)C(=O)O. The first-order chi connectivity index (χ1) is 4.04. The van der Waals surface area contributed by atoms with Gasteiger partial charge in [-0.25, -0.2) is 4.79 Å². The van der Waals surface area contributed by atoms with Crippen LogP contribution in [-0.2, 0) is 4.79 Å². The molecule has 0 bridgehead atoms. The molecule has 0 aliphatic rings. The lowest BCUT2D eigenvalue weighted by Crippen LogP contribution is -2.11. The number of hydrogen-bond acceptors (Lipinski definition) is 3. The van der Waals surface area contributed by atoms with E-state index in [1.165, 1.54) is 13.8 Å². The highest BCUT2D eigenvalue weighted by molar-refractivity contribution is 6.34. The molecule has 2 N–H and O–H groups in total. The van der Waals surface area contributed by atoms with Gasteiger partial charge >= 0.3 is 5.97 Å². The van der Waals surface area contributed by atoms with Crippen molar-refractivity contribution in [1.82, 2.24) is 0 Å². The molecule has 0 rings (SSSR count). The maximum absolute atomic E-state index is 9.99. The van der Waals surface area contributed by atoms with Crippen LogP contribution in [0.3, 0.4) is 0 Å². The third-order valence-corrected chi connectivity index (χ3v) is 0.690. The highest BCUT2D eigenvalue weighted by Crippen LogP contribution is 1.84. The van der Waals surface area contributed by atoms with E-state index in [2.05, 4.69) is 4.99 Å². The zero-order valence-corrected chi connectivity index (χ0v) is 5.33. The van der Waals surface area contributed by atoms with Crippen molar-refractivity contribution in [2.24, 2.45) is 4.99 Å². The molecule has 0 heterocycles. The molecule has 0 spiro atoms. The van der Waals surface area contributed by atoms with Crippen LogP contribution in [0.15, 0.2) is 4.99 Å². The Morgan fingerprint density at radius 1 is 1.67 bits per heavy atom. The Morgan fingerprint density at radius 3 is 2.22 bits per heavy atom. The summed E-state index contributed by atoms with van der Waals surface area (Å²) in [5.74, 6) is -1.10. The van der Waals surface area contributed by atoms with Crippen LogP contribution in [-0.4, -0.2) is 28.1 Å². The monoisotopic (exact) mass is 131 g/mol. The van der Waals surface area contributed by atoms with Gasteiger partial charge < -0.3 is 10.2 Å². The maximum Gasteiger partial charge on any atom is 0.349 e. The van der Waals surface area contributed by atoms with Crippen LogP contribution in [0.1, 0.15) is 13.8 Å². The van der Waals surface area contributed by atoms with Gasteiger partial charge in [-0.1, -0.05) is 0 Å². The summed E-state index contributed by atoms with van der Waals surface area (Å²) in [4.78, 5) is 13.3. The van der Waals surface area contributed by atoms with E-state index in [-0.39, 0.29) is 5.71 Å². The number of carboxylic acids is 1. The topological polar surface area (TPSA) is 69.9 Å². The third-order valence-electron chi connectivity index (χ3n) is 0.690. The zero-order chi connectivity index (χ0) is 7.44. The van der Waals surface area contributed by atoms with Gasteiger partial charge in [0, 0.05) is 0 Å². The zero-order valence-electron chi connectivity index (χ0n) is 5.33. The van der Waals surface area contributed by atoms with E-state index in [4.69, 9.17) is 10.2 Å². The molecule has 0 aromatic rings. The lowest BCUT2D eigenvalue weighted by molar-refractivity contribution is -0.129. The average molecular weight is 131 g/mol. The summed E-state index contributed by atoms with van der Waals surface area (Å²) in [7, 11) is 0. The molecule has 0 aliphatic carbocycles. The molecule has 1 unspecified atom stereocenters. The molecule has 1 atom stereocenters. The first-order valence-electron chi connectivity index (χ1n) is 2.50. The Labute approximate surface area is 52.8 Å². The van der Waals surface area contributed by atoms with Crippen molar-refractivity contribution in [1.29, 1.82) is 0 Å². The highest BCUT2D eigenvalue weighted by atomic mass is 16.4. The molecule has 4 nitrogen and oxygen atoms in total. The summed E-state index contributed by atoms with van der Waals surface area (Å²) in [6.07, 6.45) is -0.930. The Bertz CT molecular complexity index is 139. The summed E-state index contributed by atoms with van der Waals surface area (Å²) >= 11 is 0. The largest absolute Gasteiger partial charge is 0.477 e. The van der Waals surface area contributed by atoms with Gasteiger partial charge in [0.15, 0.2) is 0 Å². The van der Waals surface area contributed by atoms with E-state index in [9.17, 15) is 4.79 Å². The number of aliphatic hydroxyl groups excluding tert-OH is 1. The van der Waals surface area contributed by atoms with Gasteiger partial charge in [0.2, 0.25) is 0 Å². The maximum atomic E-state index is 9.99. The van der Waals surface area contributed by atoms with Crippen molar-refractivity contribution in [2.45, 2.75) is 20.1 Å². The summed E-state index contributed by atoms with van der Waals surface area (Å²) in [5, 5.41) is 16.7. The van der Waals surface area contributed by atoms with E-state index >= 15 is 0 Å². The minimum atomic E-state index is -1.10. The molecule has 0 aromatic heterocycles. The molecule has 0 saturated heterocycles. The molecule has 52 valence electrons. The Kier molecular flexibility index (Phi) is 2.87. The van der Waals surface area contributed by atoms with Gasteiger partial charge in [-0.3, -0.25) is 4.99 Å². The minimum Gasteiger partial charge on any atom is -0.477 e. The van der Waals surface area contributed by atoms with E-state index in [0.717, 1.165) is 0 Å². The predicted octanol–water partition coefficient (Wildman–Crippen LogP) is -0.130. The summed E-state index contributed by atoms with van der Waals surface area (Å²) < 4.78 is 0. The summed E-state index contributed by atoms with van der Waals surface area (Å²) in [6, 6.07) is 0. The number of aliphatic carboxylic acids is 1. The van der Waals surface area contributed by atoms with Crippen LogP contribution in [0.2, 0.25) is 0 Å². The Balaban J connectivity index is 4.00. The number of aliphatic hydroxyl groups is 1. The summed E-state index contributed by atoms with van der Waals surface area (Å²) in [5.41, 5.74) is -0.0787. The molecule has 4 heteroatoms. The Hall–Kier alpha value is -0.900. The van der Waals surface area contributed by atoms with Crippen molar-refractivity contribution in [3.63, 3.8) is 0 Å². The van der Waals surface area contributed by atoms with E-state index < -0.39 is 12.2 Å². The van der Waals surface area contributed by atoms with Crippen LogP contribution in [0.25, 0.3) is 0 Å². The fourth-order valence-electron chi connectivity index (χ4n) is 0.335. The number of aliphatic imine (C=N–C) groups is 1. The van der Waals surface area contributed by atoms with E-state index in [1.54, 1.807) is 0 Å². The van der Waals surface area contributed by atoms with Gasteiger partial charge in [-0.2, -0.15) is 0 Å². The predicted molar refractivity (Wildman–Crippen MR) is 32.4 cm³/mol. The minimum absolute atomic E-state index is 0.0787. The normalized spacial score (nSPS) is 15.2. The average Bonchev–Trinajstić information content (AvgIpc) is 1.63. The Morgan fingerprint density at radius 2 is 2.11 bits per heavy atom. The van der Waals surface area contributed by atoms with Crippen molar-refractivity contribution in [3.8, 4) is 0 Å². The molecule has 0 aliphatic heterocycles. The van der Waals surface area contributed by atoms with Gasteiger partial charge in [0.25, 0.3) is 0 Å². The van der Waals surface area contributed by atoms with Gasteiger partial charge in [-0.05, 0) is 13.8 Å². The van der Waals surface area contributed by atoms with Crippen molar-refractivity contribution in [3.05, 3.63) is 0 Å². The number of carbonyl (C=O) groups is 1. The molecule has 0 amide bonds. The molecule has 0 saturated carbocycles. The number of hydrogen-bond donors (Lipinski definition) is 2. The van der Waals surface area contributed by atoms with Crippen molar-refractivity contribution < 1.29 is 15.0 Å². The molecule has 9 heavy (non-hydrogen) atoms. The highest BCUT2D eigenvalue weighted by Gasteiger charge is 2.01. The number of carboxylic acid groups (broad SMARTS) is 1. The van der Waals surface area contributed by atoms with Gasteiger partial charge in [-0.15, -0.1) is 0 Å². The smallest absolute Gasteiger partial charge is 0.349 e. The lowest BCUT2D eigenvalue weighted by Gasteiger charge is -1.95. The summed E-state index contributed by atoms with van der Waals surface area (Å²) in [6.45, 7) is 2.72. The molecular weight excluding hydrogens is 122 g/mol. The van der Waals surface area contributed by atoms with Crippen LogP contribution in [0.5, 0.6) is 0 Å². The first kappa shape index (κ1) is 8.10. The van der Waals surface area contributed by atoms with Gasteiger partial charge in [0.05, 0.1) is 0 Å². The van der Waals surface area contributed by atoms with Crippen LogP contribution < -0.4 is 0 Å². The van der Waals surface area contributed by atoms with Crippen LogP contribution >= 0.6 is 0 Å². The number of nitrogens with zero attached hydrogens (tertiary/aromatic N) is 1. The standard InChI is InChI=1S/C5H9NO3/c1-3(5(8)9)6-4(2)7/h4,7H,1-2H3,(H,8,9). The van der Waals surface area contributed by atoms with E-state index in [0.29, 0.717) is 0 Å². The third kappa shape index (κ3) is 3.66. The van der Waals surface area contributed by atoms with E-state index in [1.807, 2.05) is 0 Å². The fourth-order valence-corrected chi connectivity index (χ4v) is 0.335. The quantitative estimate of drug-likeness (QED) is 0.513. The van der Waals surface area contributed by atoms with Crippen molar-refractivity contribution >= 4 is 11.7 Å². The second-order valence-corrected chi connectivity index (χ2v) is 1.65. The molecule has 0 fully saturated rings. The number of rotatable bonds is 2. The fraction of sp³-hybridized carbons (Fsp3) is 0.600. The second kappa shape index (κ2) is 3.19. The van der Waals surface area contributed by atoms with Gasteiger partial charge in [0.1, 0.15) is 11.9 Å². The molecule has 0 aromatic carbocycles. The first-order valence-corrected chi connectivity index (χ1v) is 2.50. The van der Waals surface area contributed by atoms with Crippen molar-refractivity contribution in [2.75, 3.05) is 0 Å². The van der Waals surface area contributed by atoms with Crippen LogP contribution in [0.4, 0.5) is 0 Å². The molecular formula is C5H9NO3. The molecule has 0 radical (unpaired) electrons. The second-order valence-electron chi connectivity index (χ2n) is 1.65. The lowest BCUT2D eigenvalue weighted by atomic mass is 10.4. The van der Waals surface area contributed by atoms with Crippen LogP contribution in [0, 0.1) is 0 Å².